The van der Waals surface area contributed by atoms with Crippen molar-refractivity contribution in [2.45, 2.75) is 39.6 Å². The summed E-state index contributed by atoms with van der Waals surface area (Å²) < 4.78 is 11.0. The molecule has 2 atom stereocenters. The molecule has 0 heterocycles. The average molecular weight is 240 g/mol. The van der Waals surface area contributed by atoms with Crippen molar-refractivity contribution >= 4 is 0 Å². The van der Waals surface area contributed by atoms with E-state index in [2.05, 4.69) is 0 Å². The monoisotopic (exact) mass is 240 g/mol. The highest BCUT2D eigenvalue weighted by atomic mass is 16.5. The number of aliphatic hydroxyl groups is 2. The van der Waals surface area contributed by atoms with Crippen LogP contribution in [0.25, 0.3) is 0 Å². The van der Waals surface area contributed by atoms with Gasteiger partial charge in [-0.3, -0.25) is 0 Å². The van der Waals surface area contributed by atoms with Crippen LogP contribution in [0.2, 0.25) is 0 Å². The summed E-state index contributed by atoms with van der Waals surface area (Å²) >= 11 is 0. The topological polar surface area (TPSA) is 58.9 Å². The van der Waals surface area contributed by atoms with Crippen molar-refractivity contribution in [2.75, 3.05) is 6.61 Å². The molecule has 0 amide bonds. The Hall–Kier alpha value is -1.26. The van der Waals surface area contributed by atoms with Crippen LogP contribution in [0.1, 0.15) is 26.3 Å². The van der Waals surface area contributed by atoms with Gasteiger partial charge in [0.25, 0.3) is 0 Å². The van der Waals surface area contributed by atoms with Crippen molar-refractivity contribution in [3.63, 3.8) is 0 Å². The zero-order valence-electron chi connectivity index (χ0n) is 10.5. The van der Waals surface area contributed by atoms with E-state index in [0.717, 1.165) is 5.56 Å². The van der Waals surface area contributed by atoms with Crippen molar-refractivity contribution in [1.29, 1.82) is 0 Å². The first-order valence-corrected chi connectivity index (χ1v) is 5.79. The molecule has 4 heteroatoms. The van der Waals surface area contributed by atoms with Crippen molar-refractivity contribution < 1.29 is 19.7 Å². The first-order valence-electron chi connectivity index (χ1n) is 5.79. The molecule has 0 saturated carbocycles. The van der Waals surface area contributed by atoms with Crippen LogP contribution in [0.5, 0.6) is 11.5 Å². The van der Waals surface area contributed by atoms with Gasteiger partial charge < -0.3 is 19.7 Å². The van der Waals surface area contributed by atoms with Gasteiger partial charge in [0, 0.05) is 0 Å². The van der Waals surface area contributed by atoms with Gasteiger partial charge in [0.1, 0.15) is 6.10 Å². The van der Waals surface area contributed by atoms with E-state index in [0.29, 0.717) is 18.1 Å². The number of rotatable bonds is 6. The fraction of sp³-hybridized carbons (Fsp3) is 0.538. The summed E-state index contributed by atoms with van der Waals surface area (Å²) in [5, 5.41) is 18.5. The zero-order chi connectivity index (χ0) is 12.8. The summed E-state index contributed by atoms with van der Waals surface area (Å²) in [6, 6.07) is 5.26. The fourth-order valence-corrected chi connectivity index (χ4v) is 1.32. The van der Waals surface area contributed by atoms with Crippen LogP contribution in [-0.4, -0.2) is 29.0 Å². The van der Waals surface area contributed by atoms with E-state index >= 15 is 0 Å². The van der Waals surface area contributed by atoms with Crippen molar-refractivity contribution in [3.05, 3.63) is 23.8 Å². The second kappa shape index (κ2) is 6.47. The quantitative estimate of drug-likeness (QED) is 0.795. The number of hydrogen-bond donors (Lipinski definition) is 2. The van der Waals surface area contributed by atoms with E-state index in [1.807, 2.05) is 6.92 Å². The fourth-order valence-electron chi connectivity index (χ4n) is 1.32. The highest BCUT2D eigenvalue weighted by Gasteiger charge is 2.14. The molecular formula is C13H20O4. The number of ether oxygens (including phenoxy) is 2. The molecule has 0 aliphatic rings. The van der Waals surface area contributed by atoms with Gasteiger partial charge in [0.05, 0.1) is 19.3 Å². The summed E-state index contributed by atoms with van der Waals surface area (Å²) in [5.74, 6) is 1.17. The summed E-state index contributed by atoms with van der Waals surface area (Å²) in [6.07, 6.45) is -0.865. The van der Waals surface area contributed by atoms with Gasteiger partial charge in [-0.2, -0.15) is 0 Å². The largest absolute Gasteiger partial charge is 0.490 e. The Bertz CT molecular complexity index is 349. The Morgan fingerprint density at radius 2 is 1.94 bits per heavy atom. The number of hydrogen-bond acceptors (Lipinski definition) is 4. The molecule has 0 spiro atoms. The summed E-state index contributed by atoms with van der Waals surface area (Å²) in [5.41, 5.74) is 0.769. The van der Waals surface area contributed by atoms with E-state index in [1.165, 1.54) is 0 Å². The van der Waals surface area contributed by atoms with Crippen LogP contribution in [0.4, 0.5) is 0 Å². The highest BCUT2D eigenvalue weighted by molar-refractivity contribution is 5.43. The smallest absolute Gasteiger partial charge is 0.161 e. The number of aliphatic hydroxyl groups excluding tert-OH is 2. The SMILES string of the molecule is CCOc1cc(CO)ccc1OC(C)C(C)O. The first-order chi connectivity index (χ1) is 8.08. The normalized spacial score (nSPS) is 14.2. The lowest BCUT2D eigenvalue weighted by atomic mass is 10.2. The Morgan fingerprint density at radius 1 is 1.24 bits per heavy atom. The summed E-state index contributed by atoms with van der Waals surface area (Å²) in [7, 11) is 0. The van der Waals surface area contributed by atoms with Crippen molar-refractivity contribution in [3.8, 4) is 11.5 Å². The molecule has 0 radical (unpaired) electrons. The van der Waals surface area contributed by atoms with Gasteiger partial charge in [-0.05, 0) is 38.5 Å². The first kappa shape index (κ1) is 13.8. The molecule has 0 fully saturated rings. The molecule has 0 aromatic heterocycles. The zero-order valence-corrected chi connectivity index (χ0v) is 10.5. The van der Waals surface area contributed by atoms with Gasteiger partial charge in [0.2, 0.25) is 0 Å². The average Bonchev–Trinajstić information content (AvgIpc) is 2.31. The van der Waals surface area contributed by atoms with Crippen molar-refractivity contribution in [2.24, 2.45) is 0 Å². The number of benzene rings is 1. The molecule has 2 N–H and O–H groups in total. The molecule has 0 saturated heterocycles. The van der Waals surface area contributed by atoms with E-state index in [9.17, 15) is 5.11 Å². The lowest BCUT2D eigenvalue weighted by Crippen LogP contribution is -2.25. The predicted octanol–water partition coefficient (Wildman–Crippen LogP) is 1.73. The molecule has 2 unspecified atom stereocenters. The van der Waals surface area contributed by atoms with Crippen LogP contribution >= 0.6 is 0 Å². The van der Waals surface area contributed by atoms with Crippen LogP contribution in [0.15, 0.2) is 18.2 Å². The molecule has 4 nitrogen and oxygen atoms in total. The standard InChI is InChI=1S/C13H20O4/c1-4-16-13-7-11(8-14)5-6-12(13)17-10(3)9(2)15/h5-7,9-10,14-15H,4,8H2,1-3H3. The van der Waals surface area contributed by atoms with Gasteiger partial charge >= 0.3 is 0 Å². The van der Waals surface area contributed by atoms with Crippen LogP contribution in [0.3, 0.4) is 0 Å². The summed E-state index contributed by atoms with van der Waals surface area (Å²) in [4.78, 5) is 0. The molecule has 96 valence electrons. The van der Waals surface area contributed by atoms with E-state index < -0.39 is 6.10 Å². The maximum Gasteiger partial charge on any atom is 0.161 e. The molecule has 17 heavy (non-hydrogen) atoms. The highest BCUT2D eigenvalue weighted by Crippen LogP contribution is 2.29. The van der Waals surface area contributed by atoms with Crippen LogP contribution in [0, 0.1) is 0 Å². The third-order valence-electron chi connectivity index (χ3n) is 2.48. The van der Waals surface area contributed by atoms with E-state index in [4.69, 9.17) is 14.6 Å². The molecular weight excluding hydrogens is 220 g/mol. The second-order valence-electron chi connectivity index (χ2n) is 3.94. The molecule has 0 aliphatic carbocycles. The molecule has 1 aromatic carbocycles. The lowest BCUT2D eigenvalue weighted by molar-refractivity contribution is 0.0582. The Labute approximate surface area is 102 Å². The minimum Gasteiger partial charge on any atom is -0.490 e. The molecule has 1 aromatic rings. The van der Waals surface area contributed by atoms with Gasteiger partial charge in [-0.1, -0.05) is 6.07 Å². The van der Waals surface area contributed by atoms with E-state index in [-0.39, 0.29) is 12.7 Å². The van der Waals surface area contributed by atoms with Crippen LogP contribution < -0.4 is 9.47 Å². The minimum atomic E-state index is -0.554. The third kappa shape index (κ3) is 3.91. The Kier molecular flexibility index (Phi) is 5.25. The second-order valence-corrected chi connectivity index (χ2v) is 3.94. The maximum absolute atomic E-state index is 9.40. The lowest BCUT2D eigenvalue weighted by Gasteiger charge is -2.19. The van der Waals surface area contributed by atoms with Gasteiger partial charge in [0.15, 0.2) is 11.5 Å². The molecule has 1 rings (SSSR count). The Balaban J connectivity index is 2.89. The molecule has 0 aliphatic heterocycles. The van der Waals surface area contributed by atoms with E-state index in [1.54, 1.807) is 32.0 Å². The van der Waals surface area contributed by atoms with Crippen molar-refractivity contribution in [1.82, 2.24) is 0 Å². The van der Waals surface area contributed by atoms with Crippen LogP contribution in [-0.2, 0) is 6.61 Å². The third-order valence-corrected chi connectivity index (χ3v) is 2.48. The minimum absolute atomic E-state index is 0.0354. The van der Waals surface area contributed by atoms with Gasteiger partial charge in [-0.15, -0.1) is 0 Å². The maximum atomic E-state index is 9.40. The van der Waals surface area contributed by atoms with Gasteiger partial charge in [-0.25, -0.2) is 0 Å². The Morgan fingerprint density at radius 3 is 2.47 bits per heavy atom. The molecule has 0 bridgehead atoms. The summed E-state index contributed by atoms with van der Waals surface area (Å²) in [6.45, 7) is 5.83. The predicted molar refractivity (Wildman–Crippen MR) is 65.3 cm³/mol.